The number of hydrogen-bond donors (Lipinski definition) is 1. The van der Waals surface area contributed by atoms with Gasteiger partial charge in [0.1, 0.15) is 5.69 Å². The molecule has 0 bridgehead atoms. The summed E-state index contributed by atoms with van der Waals surface area (Å²) in [4.78, 5) is 12.6. The number of aromatic nitrogens is 1. The standard InChI is InChI=1S/C11H5F6NO/c12-10(13,14)6-2-1-3-7-8(6)5(4-19)9(18-7)11(15,16)17/h1-4,18H. The number of halogens is 6. The fourth-order valence-electron chi connectivity index (χ4n) is 1.85. The molecule has 0 aliphatic heterocycles. The molecule has 2 aromatic rings. The number of nitrogens with one attached hydrogen (secondary N) is 1. The summed E-state index contributed by atoms with van der Waals surface area (Å²) in [7, 11) is 0. The SMILES string of the molecule is O=Cc1c(C(F)(F)F)[nH]c2cccc(C(F)(F)F)c12. The summed E-state index contributed by atoms with van der Waals surface area (Å²) >= 11 is 0. The molecule has 2 rings (SSSR count). The van der Waals surface area contributed by atoms with Crippen molar-refractivity contribution < 1.29 is 31.1 Å². The van der Waals surface area contributed by atoms with Crippen LogP contribution >= 0.6 is 0 Å². The van der Waals surface area contributed by atoms with Gasteiger partial charge in [-0.25, -0.2) is 0 Å². The van der Waals surface area contributed by atoms with Crippen molar-refractivity contribution in [2.45, 2.75) is 12.4 Å². The van der Waals surface area contributed by atoms with E-state index in [1.165, 1.54) is 0 Å². The van der Waals surface area contributed by atoms with Crippen molar-refractivity contribution in [3.8, 4) is 0 Å². The highest BCUT2D eigenvalue weighted by Gasteiger charge is 2.40. The predicted molar refractivity (Wildman–Crippen MR) is 53.7 cm³/mol. The van der Waals surface area contributed by atoms with Gasteiger partial charge in [-0.15, -0.1) is 0 Å². The van der Waals surface area contributed by atoms with Crippen LogP contribution in [0, 0.1) is 0 Å². The zero-order chi connectivity index (χ0) is 14.4. The molecule has 1 heterocycles. The Morgan fingerprint density at radius 2 is 1.63 bits per heavy atom. The fourth-order valence-corrected chi connectivity index (χ4v) is 1.85. The second-order valence-corrected chi connectivity index (χ2v) is 3.76. The molecule has 2 nitrogen and oxygen atoms in total. The molecule has 0 radical (unpaired) electrons. The lowest BCUT2D eigenvalue weighted by Crippen LogP contribution is -2.09. The molecule has 0 fully saturated rings. The van der Waals surface area contributed by atoms with Crippen LogP contribution in [0.3, 0.4) is 0 Å². The van der Waals surface area contributed by atoms with E-state index in [9.17, 15) is 31.1 Å². The summed E-state index contributed by atoms with van der Waals surface area (Å²) in [5.41, 5.74) is -4.17. The maximum absolute atomic E-state index is 12.7. The molecule has 102 valence electrons. The topological polar surface area (TPSA) is 32.9 Å². The fraction of sp³-hybridized carbons (Fsp3) is 0.182. The van der Waals surface area contributed by atoms with Gasteiger partial charge in [-0.1, -0.05) is 6.07 Å². The lowest BCUT2D eigenvalue weighted by Gasteiger charge is -2.08. The van der Waals surface area contributed by atoms with E-state index >= 15 is 0 Å². The third kappa shape index (κ3) is 2.18. The molecule has 0 saturated carbocycles. The molecule has 1 N–H and O–H groups in total. The van der Waals surface area contributed by atoms with Crippen molar-refractivity contribution in [1.29, 1.82) is 0 Å². The molecular formula is C11H5F6NO. The Bertz CT molecular complexity index is 637. The Morgan fingerprint density at radius 1 is 1.00 bits per heavy atom. The number of carbonyl (C=O) groups is 1. The predicted octanol–water partition coefficient (Wildman–Crippen LogP) is 4.02. The highest BCUT2D eigenvalue weighted by Crippen LogP contribution is 2.40. The number of H-pyrrole nitrogens is 1. The third-order valence-electron chi connectivity index (χ3n) is 2.57. The molecule has 0 atom stereocenters. The second-order valence-electron chi connectivity index (χ2n) is 3.76. The number of alkyl halides is 6. The maximum Gasteiger partial charge on any atom is 0.431 e. The van der Waals surface area contributed by atoms with E-state index in [1.807, 2.05) is 4.98 Å². The number of fused-ring (bicyclic) bond motifs is 1. The van der Waals surface area contributed by atoms with Gasteiger partial charge in [-0.2, -0.15) is 26.3 Å². The van der Waals surface area contributed by atoms with E-state index in [2.05, 4.69) is 0 Å². The Labute approximate surface area is 102 Å². The van der Waals surface area contributed by atoms with Gasteiger partial charge in [0, 0.05) is 10.9 Å². The van der Waals surface area contributed by atoms with E-state index in [0.717, 1.165) is 12.1 Å². The molecule has 19 heavy (non-hydrogen) atoms. The summed E-state index contributed by atoms with van der Waals surface area (Å²) in [5, 5.41) is -0.766. The van der Waals surface area contributed by atoms with Gasteiger partial charge in [0.2, 0.25) is 0 Å². The maximum atomic E-state index is 12.7. The average Bonchev–Trinajstić information content (AvgIpc) is 2.65. The minimum absolute atomic E-state index is 0.225. The van der Waals surface area contributed by atoms with Crippen molar-refractivity contribution in [3.63, 3.8) is 0 Å². The molecular weight excluding hydrogens is 276 g/mol. The number of aldehydes is 1. The lowest BCUT2D eigenvalue weighted by molar-refractivity contribution is -0.141. The van der Waals surface area contributed by atoms with Gasteiger partial charge >= 0.3 is 12.4 Å². The molecule has 0 aliphatic rings. The molecule has 0 spiro atoms. The van der Waals surface area contributed by atoms with Crippen LogP contribution in [0.4, 0.5) is 26.3 Å². The summed E-state index contributed by atoms with van der Waals surface area (Å²) in [6.07, 6.45) is -10.0. The Hall–Kier alpha value is -1.99. The second kappa shape index (κ2) is 4.01. The van der Waals surface area contributed by atoms with Crippen molar-refractivity contribution in [2.75, 3.05) is 0 Å². The molecule has 0 unspecified atom stereocenters. The normalized spacial score (nSPS) is 12.9. The van der Waals surface area contributed by atoms with Gasteiger partial charge in [0.25, 0.3) is 0 Å². The smallest absolute Gasteiger partial charge is 0.350 e. The summed E-state index contributed by atoms with van der Waals surface area (Å²) in [6, 6.07) is 2.65. The first-order valence-corrected chi connectivity index (χ1v) is 4.90. The van der Waals surface area contributed by atoms with E-state index in [-0.39, 0.29) is 11.8 Å². The van der Waals surface area contributed by atoms with Gasteiger partial charge in [-0.3, -0.25) is 4.79 Å². The zero-order valence-electron chi connectivity index (χ0n) is 8.99. The van der Waals surface area contributed by atoms with Gasteiger partial charge < -0.3 is 4.98 Å². The van der Waals surface area contributed by atoms with Crippen LogP contribution in [0.5, 0.6) is 0 Å². The number of carbonyl (C=O) groups excluding carboxylic acids is 1. The Morgan fingerprint density at radius 3 is 2.11 bits per heavy atom. The van der Waals surface area contributed by atoms with Crippen LogP contribution in [0.1, 0.15) is 21.6 Å². The van der Waals surface area contributed by atoms with Crippen LogP contribution in [-0.2, 0) is 12.4 Å². The largest absolute Gasteiger partial charge is 0.431 e. The van der Waals surface area contributed by atoms with E-state index in [1.54, 1.807) is 0 Å². The van der Waals surface area contributed by atoms with Crippen LogP contribution in [0.15, 0.2) is 18.2 Å². The van der Waals surface area contributed by atoms with Crippen molar-refractivity contribution in [1.82, 2.24) is 4.98 Å². The molecule has 0 aliphatic carbocycles. The highest BCUT2D eigenvalue weighted by atomic mass is 19.4. The minimum atomic E-state index is -4.93. The number of aromatic amines is 1. The lowest BCUT2D eigenvalue weighted by atomic mass is 10.0. The van der Waals surface area contributed by atoms with Crippen LogP contribution in [-0.4, -0.2) is 11.3 Å². The van der Waals surface area contributed by atoms with Gasteiger partial charge in [0.05, 0.1) is 11.1 Å². The first-order valence-electron chi connectivity index (χ1n) is 4.90. The number of hydrogen-bond acceptors (Lipinski definition) is 1. The third-order valence-corrected chi connectivity index (χ3v) is 2.57. The van der Waals surface area contributed by atoms with Crippen LogP contribution in [0.2, 0.25) is 0 Å². The molecule has 0 saturated heterocycles. The molecule has 0 amide bonds. The van der Waals surface area contributed by atoms with E-state index < -0.39 is 34.6 Å². The van der Waals surface area contributed by atoms with E-state index in [4.69, 9.17) is 0 Å². The average molecular weight is 281 g/mol. The molecule has 1 aromatic heterocycles. The molecule has 8 heteroatoms. The quantitative estimate of drug-likeness (QED) is 0.621. The summed E-state index contributed by atoms with van der Waals surface area (Å²) < 4.78 is 76.1. The van der Waals surface area contributed by atoms with Crippen molar-refractivity contribution in [2.24, 2.45) is 0 Å². The monoisotopic (exact) mass is 281 g/mol. The Kier molecular flexibility index (Phi) is 2.83. The number of benzene rings is 1. The van der Waals surface area contributed by atoms with Crippen molar-refractivity contribution in [3.05, 3.63) is 35.0 Å². The summed E-state index contributed by atoms with van der Waals surface area (Å²) in [5.74, 6) is 0. The van der Waals surface area contributed by atoms with Crippen LogP contribution < -0.4 is 0 Å². The number of rotatable bonds is 1. The molecule has 1 aromatic carbocycles. The van der Waals surface area contributed by atoms with E-state index in [0.29, 0.717) is 6.07 Å². The van der Waals surface area contributed by atoms with Gasteiger partial charge in [0.15, 0.2) is 6.29 Å². The minimum Gasteiger partial charge on any atom is -0.350 e. The first-order chi connectivity index (χ1) is 8.66. The van der Waals surface area contributed by atoms with Crippen molar-refractivity contribution >= 4 is 17.2 Å². The van der Waals surface area contributed by atoms with Gasteiger partial charge in [-0.05, 0) is 12.1 Å². The summed E-state index contributed by atoms with van der Waals surface area (Å²) in [6.45, 7) is 0. The Balaban J connectivity index is 2.90. The zero-order valence-corrected chi connectivity index (χ0v) is 8.99. The highest BCUT2D eigenvalue weighted by molar-refractivity contribution is 6.01. The van der Waals surface area contributed by atoms with Crippen LogP contribution in [0.25, 0.3) is 10.9 Å². The first kappa shape index (κ1) is 13.4.